The Balaban J connectivity index is 1.99. The molecular weight excluding hydrogens is 256 g/mol. The van der Waals surface area contributed by atoms with Gasteiger partial charge >= 0.3 is 0 Å². The molecule has 0 aliphatic carbocycles. The normalized spacial score (nSPS) is 22.0. The second kappa shape index (κ2) is 6.83. The van der Waals surface area contributed by atoms with Crippen LogP contribution in [0.3, 0.4) is 0 Å². The van der Waals surface area contributed by atoms with E-state index in [4.69, 9.17) is 5.73 Å². The van der Waals surface area contributed by atoms with Crippen LogP contribution in [-0.4, -0.2) is 19.1 Å². The summed E-state index contributed by atoms with van der Waals surface area (Å²) in [7, 11) is 0. The third-order valence-corrected chi connectivity index (χ3v) is 4.81. The highest BCUT2D eigenvalue weighted by Crippen LogP contribution is 2.35. The molecule has 2 rings (SSSR count). The highest BCUT2D eigenvalue weighted by molar-refractivity contribution is 5.47. The molecule has 21 heavy (non-hydrogen) atoms. The average molecular weight is 288 g/mol. The van der Waals surface area contributed by atoms with Crippen LogP contribution in [0.4, 0.5) is 5.69 Å². The summed E-state index contributed by atoms with van der Waals surface area (Å²) in [5.41, 5.74) is 9.03. The number of hydrogen-bond donors (Lipinski definition) is 1. The number of nitrogens with zero attached hydrogens (tertiary/aromatic N) is 1. The van der Waals surface area contributed by atoms with Gasteiger partial charge in [0.25, 0.3) is 0 Å². The molecule has 0 amide bonds. The van der Waals surface area contributed by atoms with Crippen LogP contribution < -0.4 is 10.6 Å². The van der Waals surface area contributed by atoms with Crippen LogP contribution in [0.15, 0.2) is 24.3 Å². The van der Waals surface area contributed by atoms with E-state index in [0.29, 0.717) is 5.41 Å². The summed E-state index contributed by atoms with van der Waals surface area (Å²) < 4.78 is 0. The Labute approximate surface area is 130 Å². The Hall–Kier alpha value is -1.02. The minimum atomic E-state index is 0.238. The first-order valence-corrected chi connectivity index (χ1v) is 8.46. The number of anilines is 1. The van der Waals surface area contributed by atoms with Gasteiger partial charge in [-0.1, -0.05) is 32.9 Å². The summed E-state index contributed by atoms with van der Waals surface area (Å²) in [6.07, 6.45) is 4.95. The third kappa shape index (κ3) is 4.74. The van der Waals surface area contributed by atoms with Gasteiger partial charge in [-0.05, 0) is 61.6 Å². The molecule has 1 fully saturated rings. The van der Waals surface area contributed by atoms with Crippen molar-refractivity contribution in [1.29, 1.82) is 0 Å². The molecule has 2 nitrogen and oxygen atoms in total. The molecule has 1 aliphatic rings. The Morgan fingerprint density at radius 3 is 2.38 bits per heavy atom. The quantitative estimate of drug-likeness (QED) is 0.902. The van der Waals surface area contributed by atoms with E-state index in [1.807, 2.05) is 0 Å². The van der Waals surface area contributed by atoms with E-state index in [0.717, 1.165) is 12.3 Å². The molecule has 0 saturated carbocycles. The zero-order valence-electron chi connectivity index (χ0n) is 14.2. The fraction of sp³-hybridized carbons (Fsp3) is 0.684. The first-order valence-electron chi connectivity index (χ1n) is 8.46. The molecule has 0 radical (unpaired) electrons. The molecule has 1 aliphatic heterocycles. The predicted molar refractivity (Wildman–Crippen MR) is 92.8 cm³/mol. The Morgan fingerprint density at radius 2 is 1.81 bits per heavy atom. The number of hydrogen-bond acceptors (Lipinski definition) is 2. The van der Waals surface area contributed by atoms with E-state index >= 15 is 0 Å². The van der Waals surface area contributed by atoms with Gasteiger partial charge in [0.2, 0.25) is 0 Å². The van der Waals surface area contributed by atoms with E-state index in [1.54, 1.807) is 0 Å². The number of benzene rings is 1. The van der Waals surface area contributed by atoms with Crippen molar-refractivity contribution in [2.75, 3.05) is 18.0 Å². The van der Waals surface area contributed by atoms with Gasteiger partial charge in [-0.25, -0.2) is 0 Å². The monoisotopic (exact) mass is 288 g/mol. The van der Waals surface area contributed by atoms with E-state index in [-0.39, 0.29) is 6.04 Å². The molecule has 1 saturated heterocycles. The predicted octanol–water partition coefficient (Wildman–Crippen LogP) is 4.23. The molecule has 0 bridgehead atoms. The highest BCUT2D eigenvalue weighted by atomic mass is 15.1. The summed E-state index contributed by atoms with van der Waals surface area (Å²) in [6, 6.07) is 9.27. The summed E-state index contributed by atoms with van der Waals surface area (Å²) in [5, 5.41) is 0. The van der Waals surface area contributed by atoms with E-state index in [9.17, 15) is 0 Å². The fourth-order valence-electron chi connectivity index (χ4n) is 3.44. The Morgan fingerprint density at radius 1 is 1.14 bits per heavy atom. The lowest BCUT2D eigenvalue weighted by molar-refractivity contribution is 0.220. The smallest absolute Gasteiger partial charge is 0.0366 e. The van der Waals surface area contributed by atoms with Crippen molar-refractivity contribution in [3.63, 3.8) is 0 Å². The van der Waals surface area contributed by atoms with Gasteiger partial charge in [0.15, 0.2) is 0 Å². The molecule has 1 heterocycles. The molecule has 1 aromatic rings. The zero-order chi connectivity index (χ0) is 15.5. The lowest BCUT2D eigenvalue weighted by Gasteiger charge is -2.30. The summed E-state index contributed by atoms with van der Waals surface area (Å²) in [5.74, 6) is 0.847. The van der Waals surface area contributed by atoms with E-state index in [1.165, 1.54) is 43.6 Å². The largest absolute Gasteiger partial charge is 0.372 e. The first kappa shape index (κ1) is 16.4. The standard InChI is InChI=1S/C19H32N2/c1-15(20)14-16-7-9-18(10-8-16)21-12-5-6-17(11-13-21)19(2,3)4/h7-10,15,17H,5-6,11-14,20H2,1-4H3. The molecule has 2 atom stereocenters. The maximum atomic E-state index is 5.87. The van der Waals surface area contributed by atoms with Gasteiger partial charge in [-0.3, -0.25) is 0 Å². The fourth-order valence-corrected chi connectivity index (χ4v) is 3.44. The third-order valence-electron chi connectivity index (χ3n) is 4.81. The van der Waals surface area contributed by atoms with Crippen LogP contribution in [0.2, 0.25) is 0 Å². The molecule has 0 spiro atoms. The minimum Gasteiger partial charge on any atom is -0.372 e. The molecular formula is C19H32N2. The number of nitrogens with two attached hydrogens (primary N) is 1. The molecule has 1 aromatic carbocycles. The average Bonchev–Trinajstić information content (AvgIpc) is 2.64. The van der Waals surface area contributed by atoms with Gasteiger partial charge in [-0.2, -0.15) is 0 Å². The first-order chi connectivity index (χ1) is 9.86. The lowest BCUT2D eigenvalue weighted by Crippen LogP contribution is -2.26. The van der Waals surface area contributed by atoms with Crippen LogP contribution in [0, 0.1) is 11.3 Å². The zero-order valence-corrected chi connectivity index (χ0v) is 14.2. The van der Waals surface area contributed by atoms with E-state index in [2.05, 4.69) is 56.9 Å². The Bertz CT molecular complexity index is 428. The maximum Gasteiger partial charge on any atom is 0.0366 e. The Kier molecular flexibility index (Phi) is 5.32. The lowest BCUT2D eigenvalue weighted by atomic mass is 9.77. The second-order valence-corrected chi connectivity index (χ2v) is 7.83. The summed E-state index contributed by atoms with van der Waals surface area (Å²) in [4.78, 5) is 2.56. The topological polar surface area (TPSA) is 29.3 Å². The van der Waals surface area contributed by atoms with Crippen LogP contribution in [0.1, 0.15) is 52.5 Å². The van der Waals surface area contributed by atoms with Crippen molar-refractivity contribution in [2.45, 2.75) is 59.4 Å². The second-order valence-electron chi connectivity index (χ2n) is 7.83. The van der Waals surface area contributed by atoms with Crippen molar-refractivity contribution in [1.82, 2.24) is 0 Å². The van der Waals surface area contributed by atoms with Crippen molar-refractivity contribution in [3.8, 4) is 0 Å². The maximum absolute atomic E-state index is 5.87. The minimum absolute atomic E-state index is 0.238. The van der Waals surface area contributed by atoms with Crippen molar-refractivity contribution in [3.05, 3.63) is 29.8 Å². The van der Waals surface area contributed by atoms with Crippen LogP contribution in [-0.2, 0) is 6.42 Å². The summed E-state index contributed by atoms with van der Waals surface area (Å²) >= 11 is 0. The molecule has 118 valence electrons. The molecule has 2 N–H and O–H groups in total. The molecule has 2 heteroatoms. The van der Waals surface area contributed by atoms with Crippen molar-refractivity contribution in [2.24, 2.45) is 17.1 Å². The van der Waals surface area contributed by atoms with E-state index < -0.39 is 0 Å². The van der Waals surface area contributed by atoms with Gasteiger partial charge in [0.1, 0.15) is 0 Å². The molecule has 0 aromatic heterocycles. The van der Waals surface area contributed by atoms with Gasteiger partial charge < -0.3 is 10.6 Å². The van der Waals surface area contributed by atoms with Gasteiger partial charge in [0, 0.05) is 24.8 Å². The molecule has 2 unspecified atom stereocenters. The highest BCUT2D eigenvalue weighted by Gasteiger charge is 2.27. The van der Waals surface area contributed by atoms with Crippen molar-refractivity contribution >= 4 is 5.69 Å². The SMILES string of the molecule is CC(N)Cc1ccc(N2CCCC(C(C)(C)C)CC2)cc1. The van der Waals surface area contributed by atoms with Crippen molar-refractivity contribution < 1.29 is 0 Å². The van der Waals surface area contributed by atoms with Crippen LogP contribution >= 0.6 is 0 Å². The van der Waals surface area contributed by atoms with Crippen LogP contribution in [0.25, 0.3) is 0 Å². The van der Waals surface area contributed by atoms with Crippen LogP contribution in [0.5, 0.6) is 0 Å². The van der Waals surface area contributed by atoms with Gasteiger partial charge in [-0.15, -0.1) is 0 Å². The van der Waals surface area contributed by atoms with Gasteiger partial charge in [0.05, 0.1) is 0 Å². The number of rotatable bonds is 3. The summed E-state index contributed by atoms with van der Waals surface area (Å²) in [6.45, 7) is 11.6.